The van der Waals surface area contributed by atoms with Crippen molar-refractivity contribution in [1.82, 2.24) is 0 Å². The van der Waals surface area contributed by atoms with Crippen LogP contribution in [0.25, 0.3) is 0 Å². The minimum absolute atomic E-state index is 0.147. The number of aliphatic hydroxyl groups is 5. The number of allylic oxidation sites excluding steroid dienone is 1. The molecular weight excluding hydrogens is 356 g/mol. The lowest BCUT2D eigenvalue weighted by molar-refractivity contribution is -0.319. The van der Waals surface area contributed by atoms with Crippen molar-refractivity contribution < 1.29 is 39.8 Å². The first kappa shape index (κ1) is 22.4. The zero-order chi connectivity index (χ0) is 20.6. The van der Waals surface area contributed by atoms with Crippen LogP contribution in [0.3, 0.4) is 0 Å². The van der Waals surface area contributed by atoms with Crippen molar-refractivity contribution in [3.05, 3.63) is 12.2 Å². The van der Waals surface area contributed by atoms with Crippen LogP contribution in [0.2, 0.25) is 0 Å². The molecule has 1 aliphatic heterocycles. The highest BCUT2D eigenvalue weighted by atomic mass is 16.7. The van der Waals surface area contributed by atoms with Gasteiger partial charge in [0.1, 0.15) is 24.4 Å². The molecule has 0 aromatic rings. The largest absolute Gasteiger partial charge is 0.394 e. The standard InChI is InChI=1S/C19H32O8/c1-10-7-12(8-18(3,4)19(10,25)6-5-11(2)21)26-17-16(24)15(23)14(22)13(9-20)27-17/h5-6,10,12-17,20,22-25H,7-9H2,1-4H3/b6-5+/t10-,12+,13+,14+,15-,16+,17+,19-/m0/s1. The summed E-state index contributed by atoms with van der Waals surface area (Å²) in [7, 11) is 0. The smallest absolute Gasteiger partial charge is 0.186 e. The number of hydrogen-bond donors (Lipinski definition) is 5. The van der Waals surface area contributed by atoms with Crippen LogP contribution in [0.1, 0.15) is 40.5 Å². The molecule has 1 saturated carbocycles. The van der Waals surface area contributed by atoms with Gasteiger partial charge in [0.25, 0.3) is 0 Å². The Morgan fingerprint density at radius 1 is 1.22 bits per heavy atom. The van der Waals surface area contributed by atoms with E-state index in [1.165, 1.54) is 13.0 Å². The lowest BCUT2D eigenvalue weighted by Crippen LogP contribution is -2.61. The molecule has 2 rings (SSSR count). The number of ketones is 1. The number of carbonyl (C=O) groups excluding carboxylic acids is 1. The summed E-state index contributed by atoms with van der Waals surface area (Å²) in [6.45, 7) is 6.50. The van der Waals surface area contributed by atoms with E-state index in [0.29, 0.717) is 12.8 Å². The molecule has 8 atom stereocenters. The Labute approximate surface area is 159 Å². The second kappa shape index (κ2) is 8.24. The first-order valence-electron chi connectivity index (χ1n) is 9.31. The number of ether oxygens (including phenoxy) is 2. The normalized spacial score (nSPS) is 45.1. The molecule has 0 spiro atoms. The minimum Gasteiger partial charge on any atom is -0.394 e. The second-order valence-electron chi connectivity index (χ2n) is 8.45. The van der Waals surface area contributed by atoms with Gasteiger partial charge in [-0.05, 0) is 43.3 Å². The van der Waals surface area contributed by atoms with Crippen LogP contribution in [0.5, 0.6) is 0 Å². The number of rotatable bonds is 5. The molecule has 0 radical (unpaired) electrons. The molecule has 0 bridgehead atoms. The lowest BCUT2D eigenvalue weighted by Gasteiger charge is -2.52. The molecule has 1 heterocycles. The van der Waals surface area contributed by atoms with Gasteiger partial charge in [-0.2, -0.15) is 0 Å². The van der Waals surface area contributed by atoms with Crippen LogP contribution in [0.4, 0.5) is 0 Å². The first-order chi connectivity index (χ1) is 12.4. The third kappa shape index (κ3) is 4.42. The molecule has 8 nitrogen and oxygen atoms in total. The van der Waals surface area contributed by atoms with Crippen molar-refractivity contribution in [2.75, 3.05) is 6.61 Å². The van der Waals surface area contributed by atoms with E-state index in [-0.39, 0.29) is 17.8 Å². The van der Waals surface area contributed by atoms with E-state index in [0.717, 1.165) is 0 Å². The highest BCUT2D eigenvalue weighted by Crippen LogP contribution is 2.49. The Balaban J connectivity index is 2.13. The van der Waals surface area contributed by atoms with Gasteiger partial charge >= 0.3 is 0 Å². The zero-order valence-corrected chi connectivity index (χ0v) is 16.3. The van der Waals surface area contributed by atoms with Crippen molar-refractivity contribution in [3.63, 3.8) is 0 Å². The quantitative estimate of drug-likeness (QED) is 0.398. The fourth-order valence-corrected chi connectivity index (χ4v) is 4.16. The van der Waals surface area contributed by atoms with Crippen LogP contribution >= 0.6 is 0 Å². The van der Waals surface area contributed by atoms with Crippen LogP contribution in [-0.4, -0.2) is 80.3 Å². The molecule has 0 aromatic heterocycles. The van der Waals surface area contributed by atoms with Gasteiger partial charge in [0.15, 0.2) is 12.1 Å². The van der Waals surface area contributed by atoms with Crippen LogP contribution in [0.15, 0.2) is 12.2 Å². The predicted molar refractivity (Wildman–Crippen MR) is 95.6 cm³/mol. The fraction of sp³-hybridized carbons (Fsp3) is 0.842. The maximum absolute atomic E-state index is 11.3. The maximum atomic E-state index is 11.3. The highest BCUT2D eigenvalue weighted by Gasteiger charge is 2.52. The average molecular weight is 388 g/mol. The molecule has 8 heteroatoms. The van der Waals surface area contributed by atoms with E-state index in [1.54, 1.807) is 6.08 Å². The molecule has 5 N–H and O–H groups in total. The van der Waals surface area contributed by atoms with E-state index in [4.69, 9.17) is 9.47 Å². The van der Waals surface area contributed by atoms with Crippen LogP contribution in [-0.2, 0) is 14.3 Å². The molecular formula is C19H32O8. The Kier molecular flexibility index (Phi) is 6.85. The number of aliphatic hydroxyl groups excluding tert-OH is 4. The monoisotopic (exact) mass is 388 g/mol. The number of hydrogen-bond acceptors (Lipinski definition) is 8. The summed E-state index contributed by atoms with van der Waals surface area (Å²) in [6, 6.07) is 0. The van der Waals surface area contributed by atoms with E-state index in [1.807, 2.05) is 20.8 Å². The third-order valence-corrected chi connectivity index (χ3v) is 5.94. The van der Waals surface area contributed by atoms with E-state index >= 15 is 0 Å². The van der Waals surface area contributed by atoms with Gasteiger partial charge in [-0.3, -0.25) is 4.79 Å². The van der Waals surface area contributed by atoms with Crippen molar-refractivity contribution in [2.45, 2.75) is 82.9 Å². The van der Waals surface area contributed by atoms with Gasteiger partial charge < -0.3 is 35.0 Å². The third-order valence-electron chi connectivity index (χ3n) is 5.94. The zero-order valence-electron chi connectivity index (χ0n) is 16.3. The van der Waals surface area contributed by atoms with Gasteiger partial charge in [-0.25, -0.2) is 0 Å². The summed E-state index contributed by atoms with van der Waals surface area (Å²) in [5.41, 5.74) is -1.83. The lowest BCUT2D eigenvalue weighted by atomic mass is 9.59. The van der Waals surface area contributed by atoms with Gasteiger partial charge in [0.2, 0.25) is 0 Å². The predicted octanol–water partition coefficient (Wildman–Crippen LogP) is -0.496. The molecule has 2 fully saturated rings. The molecule has 1 aliphatic carbocycles. The van der Waals surface area contributed by atoms with Crippen LogP contribution in [0, 0.1) is 11.3 Å². The summed E-state index contributed by atoms with van der Waals surface area (Å²) < 4.78 is 11.3. The van der Waals surface area contributed by atoms with Gasteiger partial charge in [0, 0.05) is 0 Å². The summed E-state index contributed by atoms with van der Waals surface area (Å²) in [4.78, 5) is 11.3. The topological polar surface area (TPSA) is 137 Å². The summed E-state index contributed by atoms with van der Waals surface area (Å²) in [6.07, 6.45) is -3.23. The van der Waals surface area contributed by atoms with E-state index in [9.17, 15) is 30.3 Å². The fourth-order valence-electron chi connectivity index (χ4n) is 4.16. The summed E-state index contributed by atoms with van der Waals surface area (Å²) in [5.74, 6) is -0.391. The van der Waals surface area contributed by atoms with E-state index in [2.05, 4.69) is 0 Å². The molecule has 27 heavy (non-hydrogen) atoms. The first-order valence-corrected chi connectivity index (χ1v) is 9.31. The molecule has 0 amide bonds. The van der Waals surface area contributed by atoms with Crippen LogP contribution < -0.4 is 0 Å². The SMILES string of the molecule is CC(=O)/C=C/[C@]1(O)[C@@H](C)C[C@@H](O[C@@H]2O[C@H](CO)[C@@H](O)[C@H](O)[C@H]2O)CC1(C)C. The summed E-state index contributed by atoms with van der Waals surface area (Å²) in [5, 5.41) is 50.4. The van der Waals surface area contributed by atoms with E-state index < -0.39 is 48.3 Å². The highest BCUT2D eigenvalue weighted by molar-refractivity contribution is 5.87. The maximum Gasteiger partial charge on any atom is 0.186 e. The van der Waals surface area contributed by atoms with Crippen molar-refractivity contribution >= 4 is 5.78 Å². The molecule has 0 aromatic carbocycles. The minimum atomic E-state index is -1.50. The van der Waals surface area contributed by atoms with Crippen molar-refractivity contribution in [1.29, 1.82) is 0 Å². The second-order valence-corrected chi connectivity index (χ2v) is 8.45. The molecule has 1 saturated heterocycles. The van der Waals surface area contributed by atoms with Gasteiger partial charge in [0.05, 0.1) is 18.3 Å². The van der Waals surface area contributed by atoms with Gasteiger partial charge in [-0.1, -0.05) is 20.8 Å². The van der Waals surface area contributed by atoms with Crippen molar-refractivity contribution in [2.24, 2.45) is 11.3 Å². The Hall–Kier alpha value is -0.870. The Morgan fingerprint density at radius 2 is 1.85 bits per heavy atom. The Morgan fingerprint density at radius 3 is 2.37 bits per heavy atom. The van der Waals surface area contributed by atoms with Gasteiger partial charge in [-0.15, -0.1) is 0 Å². The summed E-state index contributed by atoms with van der Waals surface area (Å²) >= 11 is 0. The molecule has 156 valence electrons. The average Bonchev–Trinajstić information content (AvgIpc) is 2.58. The molecule has 2 aliphatic rings. The van der Waals surface area contributed by atoms with Crippen molar-refractivity contribution in [3.8, 4) is 0 Å². The number of carbonyl (C=O) groups is 1. The molecule has 0 unspecified atom stereocenters. The Bertz CT molecular complexity index is 560.